The number of amides is 1. The summed E-state index contributed by atoms with van der Waals surface area (Å²) in [4.78, 5) is 21.1. The maximum Gasteiger partial charge on any atom is 0.313 e. The summed E-state index contributed by atoms with van der Waals surface area (Å²) in [7, 11) is 0. The van der Waals surface area contributed by atoms with Gasteiger partial charge in [0.1, 0.15) is 0 Å². The van der Waals surface area contributed by atoms with Gasteiger partial charge in [-0.1, -0.05) is 0 Å². The van der Waals surface area contributed by atoms with Gasteiger partial charge in [-0.2, -0.15) is 0 Å². The van der Waals surface area contributed by atoms with Crippen LogP contribution in [0.4, 0.5) is 0 Å². The molecule has 6 heteroatoms. The van der Waals surface area contributed by atoms with Crippen molar-refractivity contribution in [3.63, 3.8) is 0 Å². The van der Waals surface area contributed by atoms with Crippen LogP contribution in [0, 0.1) is 0 Å². The number of carboxylic acid groups (broad SMARTS) is 1. The molecule has 0 saturated heterocycles. The van der Waals surface area contributed by atoms with E-state index < -0.39 is 12.1 Å². The van der Waals surface area contributed by atoms with Crippen LogP contribution in [0.5, 0.6) is 0 Å². The van der Waals surface area contributed by atoms with Gasteiger partial charge in [0, 0.05) is 6.54 Å². The molecule has 0 bridgehead atoms. The van der Waals surface area contributed by atoms with Crippen molar-refractivity contribution < 1.29 is 19.8 Å². The van der Waals surface area contributed by atoms with E-state index in [0.717, 1.165) is 11.8 Å². The van der Waals surface area contributed by atoms with Crippen molar-refractivity contribution in [1.29, 1.82) is 0 Å². The van der Waals surface area contributed by atoms with Crippen LogP contribution >= 0.6 is 11.8 Å². The average Bonchev–Trinajstić information content (AvgIpc) is 2.02. The Kier molecular flexibility index (Phi) is 7.23. The van der Waals surface area contributed by atoms with E-state index >= 15 is 0 Å². The zero-order valence-electron chi connectivity index (χ0n) is 8.02. The lowest BCUT2D eigenvalue weighted by Crippen LogP contribution is -2.28. The lowest BCUT2D eigenvalue weighted by Gasteiger charge is -2.05. The van der Waals surface area contributed by atoms with Gasteiger partial charge in [-0.15, -0.1) is 11.8 Å². The fourth-order valence-corrected chi connectivity index (χ4v) is 1.27. The number of aliphatic hydroxyl groups excluding tert-OH is 1. The molecule has 1 amide bonds. The first-order valence-electron chi connectivity index (χ1n) is 4.26. The molecule has 0 aliphatic rings. The van der Waals surface area contributed by atoms with E-state index in [0.29, 0.717) is 13.0 Å². The molecule has 0 aromatic heterocycles. The number of carbonyl (C=O) groups is 2. The quantitative estimate of drug-likeness (QED) is 0.549. The standard InChI is InChI=1S/C8H15NO4S/c1-6(10)2-3-9-7(11)4-14-5-8(12)13/h6,10H,2-5H2,1H3,(H,9,11)(H,12,13). The number of hydrogen-bond acceptors (Lipinski definition) is 4. The van der Waals surface area contributed by atoms with Crippen molar-refractivity contribution in [3.8, 4) is 0 Å². The van der Waals surface area contributed by atoms with Crippen molar-refractivity contribution in [2.24, 2.45) is 0 Å². The first kappa shape index (κ1) is 13.2. The number of thioether (sulfide) groups is 1. The molecule has 0 rings (SSSR count). The Morgan fingerprint density at radius 2 is 2.07 bits per heavy atom. The van der Waals surface area contributed by atoms with Crippen molar-refractivity contribution in [2.75, 3.05) is 18.1 Å². The van der Waals surface area contributed by atoms with Gasteiger partial charge in [0.05, 0.1) is 17.6 Å². The minimum Gasteiger partial charge on any atom is -0.481 e. The molecule has 0 radical (unpaired) electrons. The molecule has 0 saturated carbocycles. The predicted octanol–water partition coefficient (Wildman–Crippen LogP) is -0.309. The van der Waals surface area contributed by atoms with Crippen molar-refractivity contribution in [1.82, 2.24) is 5.32 Å². The highest BCUT2D eigenvalue weighted by Gasteiger charge is 2.03. The highest BCUT2D eigenvalue weighted by Crippen LogP contribution is 1.98. The summed E-state index contributed by atoms with van der Waals surface area (Å²) in [5.74, 6) is -1.04. The van der Waals surface area contributed by atoms with E-state index in [4.69, 9.17) is 10.2 Å². The SMILES string of the molecule is CC(O)CCNC(=O)CSCC(=O)O. The Balaban J connectivity index is 3.33. The topological polar surface area (TPSA) is 86.6 Å². The highest BCUT2D eigenvalue weighted by atomic mass is 32.2. The number of aliphatic hydroxyl groups is 1. The minimum absolute atomic E-state index is 0.0657. The van der Waals surface area contributed by atoms with Gasteiger partial charge in [0.15, 0.2) is 0 Å². The largest absolute Gasteiger partial charge is 0.481 e. The number of aliphatic carboxylic acids is 1. The Hall–Kier alpha value is -0.750. The van der Waals surface area contributed by atoms with E-state index in [1.807, 2.05) is 0 Å². The monoisotopic (exact) mass is 221 g/mol. The molecule has 82 valence electrons. The third-order valence-corrected chi connectivity index (χ3v) is 2.26. The van der Waals surface area contributed by atoms with Crippen LogP contribution < -0.4 is 5.32 Å². The Bertz CT molecular complexity index is 196. The van der Waals surface area contributed by atoms with Gasteiger partial charge in [-0.25, -0.2) is 0 Å². The first-order valence-corrected chi connectivity index (χ1v) is 5.42. The van der Waals surface area contributed by atoms with Crippen LogP contribution in [0.15, 0.2) is 0 Å². The summed E-state index contributed by atoms with van der Waals surface area (Å²) in [6.07, 6.45) is 0.0805. The average molecular weight is 221 g/mol. The predicted molar refractivity (Wildman–Crippen MR) is 54.3 cm³/mol. The van der Waals surface area contributed by atoms with Gasteiger partial charge < -0.3 is 15.5 Å². The van der Waals surface area contributed by atoms with E-state index in [2.05, 4.69) is 5.32 Å². The molecular formula is C8H15NO4S. The van der Waals surface area contributed by atoms with Gasteiger partial charge >= 0.3 is 5.97 Å². The van der Waals surface area contributed by atoms with E-state index in [1.54, 1.807) is 6.92 Å². The van der Waals surface area contributed by atoms with Crippen molar-refractivity contribution >= 4 is 23.6 Å². The Labute approximate surface area is 86.9 Å². The lowest BCUT2D eigenvalue weighted by atomic mass is 10.3. The highest BCUT2D eigenvalue weighted by molar-refractivity contribution is 8.00. The summed E-state index contributed by atoms with van der Waals surface area (Å²) < 4.78 is 0. The molecule has 5 nitrogen and oxygen atoms in total. The summed E-state index contributed by atoms with van der Waals surface area (Å²) in [5.41, 5.74) is 0. The van der Waals surface area contributed by atoms with Crippen LogP contribution in [0.25, 0.3) is 0 Å². The molecule has 0 aliphatic heterocycles. The summed E-state index contributed by atoms with van der Waals surface area (Å²) >= 11 is 1.05. The van der Waals surface area contributed by atoms with E-state index in [-0.39, 0.29) is 17.4 Å². The fourth-order valence-electron chi connectivity index (χ4n) is 0.703. The molecular weight excluding hydrogens is 206 g/mol. The van der Waals surface area contributed by atoms with Gasteiger partial charge in [0.25, 0.3) is 0 Å². The molecule has 0 aromatic carbocycles. The zero-order valence-corrected chi connectivity index (χ0v) is 8.84. The number of nitrogens with one attached hydrogen (secondary N) is 1. The maximum atomic E-state index is 11.0. The second-order valence-corrected chi connectivity index (χ2v) is 3.86. The molecule has 0 aromatic rings. The molecule has 0 fully saturated rings. The maximum absolute atomic E-state index is 11.0. The molecule has 0 heterocycles. The van der Waals surface area contributed by atoms with Gasteiger partial charge in [-0.05, 0) is 13.3 Å². The summed E-state index contributed by atoms with van der Waals surface area (Å²) in [6.45, 7) is 2.06. The van der Waals surface area contributed by atoms with Crippen molar-refractivity contribution in [2.45, 2.75) is 19.4 Å². The first-order chi connectivity index (χ1) is 6.52. The van der Waals surface area contributed by atoms with E-state index in [9.17, 15) is 9.59 Å². The molecule has 3 N–H and O–H groups in total. The molecule has 0 spiro atoms. The molecule has 0 aliphatic carbocycles. The second-order valence-electron chi connectivity index (χ2n) is 2.87. The minimum atomic E-state index is -0.924. The number of hydrogen-bond donors (Lipinski definition) is 3. The fraction of sp³-hybridized carbons (Fsp3) is 0.750. The lowest BCUT2D eigenvalue weighted by molar-refractivity contribution is -0.133. The third kappa shape index (κ3) is 9.34. The van der Waals surface area contributed by atoms with E-state index in [1.165, 1.54) is 0 Å². The van der Waals surface area contributed by atoms with Crippen LogP contribution in [0.1, 0.15) is 13.3 Å². The second kappa shape index (κ2) is 7.64. The number of rotatable bonds is 7. The van der Waals surface area contributed by atoms with Crippen LogP contribution in [-0.4, -0.2) is 46.2 Å². The summed E-state index contributed by atoms with van der Waals surface area (Å²) in [6, 6.07) is 0. The normalized spacial score (nSPS) is 12.1. The van der Waals surface area contributed by atoms with Crippen LogP contribution in [-0.2, 0) is 9.59 Å². The number of carboxylic acids is 1. The number of carbonyl (C=O) groups excluding carboxylic acids is 1. The van der Waals surface area contributed by atoms with Gasteiger partial charge in [0.2, 0.25) is 5.91 Å². The third-order valence-electron chi connectivity index (χ3n) is 1.34. The summed E-state index contributed by atoms with van der Waals surface area (Å²) in [5, 5.41) is 19.7. The zero-order chi connectivity index (χ0) is 11.0. The molecule has 1 atom stereocenters. The molecule has 1 unspecified atom stereocenters. The van der Waals surface area contributed by atoms with Crippen LogP contribution in [0.2, 0.25) is 0 Å². The Morgan fingerprint density at radius 3 is 2.57 bits per heavy atom. The van der Waals surface area contributed by atoms with Crippen LogP contribution in [0.3, 0.4) is 0 Å². The smallest absolute Gasteiger partial charge is 0.313 e. The Morgan fingerprint density at radius 1 is 1.43 bits per heavy atom. The van der Waals surface area contributed by atoms with Gasteiger partial charge in [-0.3, -0.25) is 9.59 Å². The van der Waals surface area contributed by atoms with Crippen molar-refractivity contribution in [3.05, 3.63) is 0 Å². The molecule has 14 heavy (non-hydrogen) atoms.